The van der Waals surface area contributed by atoms with Gasteiger partial charge in [-0.3, -0.25) is 14.2 Å². The summed E-state index contributed by atoms with van der Waals surface area (Å²) in [6.45, 7) is 6.02. The van der Waals surface area contributed by atoms with Crippen LogP contribution in [0.1, 0.15) is 44.0 Å². The van der Waals surface area contributed by atoms with Crippen LogP contribution < -0.4 is 16.1 Å². The Hall–Kier alpha value is -5.13. The molecule has 0 unspecified atom stereocenters. The predicted molar refractivity (Wildman–Crippen MR) is 166 cm³/mol. The highest BCUT2D eigenvalue weighted by molar-refractivity contribution is 6.33. The fourth-order valence-corrected chi connectivity index (χ4v) is 4.70. The summed E-state index contributed by atoms with van der Waals surface area (Å²) in [5, 5.41) is 16.6. The van der Waals surface area contributed by atoms with Gasteiger partial charge in [0, 0.05) is 47.6 Å². The molecule has 0 fully saturated rings. The maximum absolute atomic E-state index is 13.1. The molecule has 3 heterocycles. The van der Waals surface area contributed by atoms with Crippen molar-refractivity contribution in [1.29, 1.82) is 0 Å². The van der Waals surface area contributed by atoms with Crippen molar-refractivity contribution in [2.24, 2.45) is 0 Å². The van der Waals surface area contributed by atoms with Crippen LogP contribution in [0.15, 0.2) is 65.4 Å². The number of nitrogens with one attached hydrogen (secondary N) is 2. The lowest BCUT2D eigenvalue weighted by Crippen LogP contribution is -2.35. The number of hydrogen-bond acceptors (Lipinski definition) is 8. The molecule has 220 valence electrons. The highest BCUT2D eigenvalue weighted by atomic mass is 16.6. The van der Waals surface area contributed by atoms with E-state index in [4.69, 9.17) is 24.2 Å². The number of carbonyl (C=O) groups is 3. The third kappa shape index (κ3) is 6.86. The second-order valence-corrected chi connectivity index (χ2v) is 11.2. The van der Waals surface area contributed by atoms with Crippen LogP contribution in [0.25, 0.3) is 39.1 Å². The number of fused-ring (bicyclic) bond motifs is 2. The molecule has 0 bridgehead atoms. The Bertz CT molecular complexity index is 1820. The zero-order valence-electron chi connectivity index (χ0n) is 24.4. The fourth-order valence-electron chi connectivity index (χ4n) is 4.70. The molecule has 0 aliphatic rings. The van der Waals surface area contributed by atoms with E-state index in [0.29, 0.717) is 46.1 Å². The minimum absolute atomic E-state index is 0.117. The number of anilines is 1. The maximum Gasteiger partial charge on any atom is 0.407 e. The molecule has 0 atom stereocenters. The molecule has 5 rings (SSSR count). The van der Waals surface area contributed by atoms with Crippen molar-refractivity contribution in [3.63, 3.8) is 0 Å². The Morgan fingerprint density at radius 1 is 1.02 bits per heavy atom. The van der Waals surface area contributed by atoms with Crippen molar-refractivity contribution < 1.29 is 28.6 Å². The number of benzene rings is 2. The first-order valence-corrected chi connectivity index (χ1v) is 13.9. The summed E-state index contributed by atoms with van der Waals surface area (Å²) in [4.78, 5) is 46.0. The zero-order chi connectivity index (χ0) is 30.7. The largest absolute Gasteiger partial charge is 0.481 e. The summed E-state index contributed by atoms with van der Waals surface area (Å²) in [5.41, 5.74) is 2.97. The van der Waals surface area contributed by atoms with E-state index in [2.05, 4.69) is 10.6 Å². The summed E-state index contributed by atoms with van der Waals surface area (Å²) >= 11 is 0. The fraction of sp³-hybridized carbons (Fsp3) is 0.258. The van der Waals surface area contributed by atoms with Crippen LogP contribution >= 0.6 is 0 Å². The molecule has 1 amide bonds. The number of alkyl carbamates (subject to hydrolysis) is 1. The van der Waals surface area contributed by atoms with Gasteiger partial charge < -0.3 is 24.9 Å². The number of carboxylic acids is 1. The number of carbonyl (C=O) groups excluding carboxylic acids is 2. The molecule has 3 N–H and O–H groups in total. The Labute approximate surface area is 248 Å². The normalized spacial score (nSPS) is 11.5. The average molecular weight is 581 g/mol. The molecule has 2 aromatic carbocycles. The van der Waals surface area contributed by atoms with Gasteiger partial charge in [0.15, 0.2) is 5.78 Å². The first-order valence-electron chi connectivity index (χ1n) is 13.9. The minimum Gasteiger partial charge on any atom is -0.481 e. The van der Waals surface area contributed by atoms with Crippen LogP contribution in [0, 0.1) is 0 Å². The monoisotopic (exact) mass is 581 g/mol. The summed E-state index contributed by atoms with van der Waals surface area (Å²) in [7, 11) is 1.93. The lowest BCUT2D eigenvalue weighted by molar-refractivity contribution is -0.136. The van der Waals surface area contributed by atoms with Crippen LogP contribution in [0.5, 0.6) is 0 Å². The highest BCUT2D eigenvalue weighted by Crippen LogP contribution is 2.30. The van der Waals surface area contributed by atoms with Crippen LogP contribution in [0.3, 0.4) is 0 Å². The quantitative estimate of drug-likeness (QED) is 0.126. The molecule has 0 aliphatic carbocycles. The molecule has 0 saturated heterocycles. The van der Waals surface area contributed by atoms with Crippen LogP contribution in [-0.2, 0) is 9.53 Å². The molecule has 5 aromatic rings. The van der Waals surface area contributed by atoms with Gasteiger partial charge in [0.1, 0.15) is 25.0 Å². The minimum atomic E-state index is -1.03. The smallest absolute Gasteiger partial charge is 0.407 e. The lowest BCUT2D eigenvalue weighted by atomic mass is 9.93. The molecular weight excluding hydrogens is 549 g/mol. The number of aliphatic carboxylic acids is 1. The summed E-state index contributed by atoms with van der Waals surface area (Å²) in [6.07, 6.45) is 2.38. The van der Waals surface area contributed by atoms with Gasteiger partial charge in [0.2, 0.25) is 5.95 Å². The first-order chi connectivity index (χ1) is 20.5. The Balaban J connectivity index is 1.54. The van der Waals surface area contributed by atoms with Crippen molar-refractivity contribution in [3.8, 4) is 17.3 Å². The van der Waals surface area contributed by atoms with E-state index in [1.807, 2.05) is 56.4 Å². The lowest BCUT2D eigenvalue weighted by Gasteiger charge is -2.19. The number of ether oxygens (including phenoxy) is 1. The number of carboxylic acid groups (broad SMARTS) is 1. The molecule has 3 aromatic heterocycles. The number of hydrogen-bond donors (Lipinski definition) is 3. The van der Waals surface area contributed by atoms with Crippen molar-refractivity contribution >= 4 is 58.8 Å². The van der Waals surface area contributed by atoms with Crippen molar-refractivity contribution in [1.82, 2.24) is 19.9 Å². The molecule has 0 saturated carbocycles. The Morgan fingerprint density at radius 2 is 1.84 bits per heavy atom. The van der Waals surface area contributed by atoms with Gasteiger partial charge in [-0.15, -0.1) is 0 Å². The van der Waals surface area contributed by atoms with Crippen LogP contribution in [0.4, 0.5) is 10.6 Å². The molecule has 0 aliphatic heterocycles. The van der Waals surface area contributed by atoms with E-state index in [1.54, 1.807) is 37.8 Å². The summed E-state index contributed by atoms with van der Waals surface area (Å²) < 4.78 is 12.6. The van der Waals surface area contributed by atoms with E-state index in [1.165, 1.54) is 0 Å². The SMILES string of the molecule is Bc1ccc2c(c1)c(C(=O)CCC(=O)O)cn2-c1nc(NCCNC(=O)OC(C)(C)C)c2cc(-c3ccco3)ccc2n1. The van der Waals surface area contributed by atoms with Gasteiger partial charge in [0.25, 0.3) is 0 Å². The number of Topliss-reactive ketones (excluding diaryl/α,β-unsaturated/α-hetero) is 1. The predicted octanol–water partition coefficient (Wildman–Crippen LogP) is 4.08. The number of amides is 1. The topological polar surface area (TPSA) is 149 Å². The van der Waals surface area contributed by atoms with Gasteiger partial charge in [-0.25, -0.2) is 9.78 Å². The average Bonchev–Trinajstić information content (AvgIpc) is 3.61. The highest BCUT2D eigenvalue weighted by Gasteiger charge is 2.20. The standard InChI is InChI=1S/C31H32BN5O6/c1-31(2,3)43-30(41)34-13-12-33-28-21-15-18(26-5-4-14-42-26)6-8-23(21)35-29(36-28)37-17-22(25(38)10-11-27(39)40)20-16-19(32)7-9-24(20)37/h4-9,14-17H,10-13,32H2,1-3H3,(H,34,41)(H,39,40)(H,33,35,36). The zero-order valence-corrected chi connectivity index (χ0v) is 24.4. The van der Waals surface area contributed by atoms with E-state index in [0.717, 1.165) is 16.4 Å². The molecule has 11 nitrogen and oxygen atoms in total. The molecule has 43 heavy (non-hydrogen) atoms. The van der Waals surface area contributed by atoms with E-state index < -0.39 is 17.7 Å². The maximum atomic E-state index is 13.1. The summed E-state index contributed by atoms with van der Waals surface area (Å²) in [6, 6.07) is 15.1. The van der Waals surface area contributed by atoms with Crippen molar-refractivity contribution in [3.05, 3.63) is 66.6 Å². The Morgan fingerprint density at radius 3 is 2.56 bits per heavy atom. The Kier molecular flexibility index (Phi) is 8.20. The third-order valence-electron chi connectivity index (χ3n) is 6.62. The van der Waals surface area contributed by atoms with Crippen molar-refractivity contribution in [2.45, 2.75) is 39.2 Å². The molecule has 12 heteroatoms. The van der Waals surface area contributed by atoms with E-state index in [-0.39, 0.29) is 25.2 Å². The number of rotatable bonds is 10. The van der Waals surface area contributed by atoms with E-state index >= 15 is 0 Å². The second-order valence-electron chi connectivity index (χ2n) is 11.2. The van der Waals surface area contributed by atoms with Crippen LogP contribution in [-0.4, -0.2) is 64.0 Å². The number of furan rings is 1. The molecular formula is C31H32BN5O6. The van der Waals surface area contributed by atoms with Gasteiger partial charge >= 0.3 is 12.1 Å². The van der Waals surface area contributed by atoms with Gasteiger partial charge in [-0.1, -0.05) is 17.6 Å². The second kappa shape index (κ2) is 12.0. The van der Waals surface area contributed by atoms with E-state index in [9.17, 15) is 14.4 Å². The van der Waals surface area contributed by atoms with Gasteiger partial charge in [-0.05, 0) is 57.2 Å². The third-order valence-corrected chi connectivity index (χ3v) is 6.62. The van der Waals surface area contributed by atoms with Crippen molar-refractivity contribution in [2.75, 3.05) is 18.4 Å². The molecule has 0 radical (unpaired) electrons. The number of nitrogens with zero attached hydrogens (tertiary/aromatic N) is 3. The number of aromatic nitrogens is 3. The van der Waals surface area contributed by atoms with Gasteiger partial charge in [-0.2, -0.15) is 4.98 Å². The number of ketones is 1. The van der Waals surface area contributed by atoms with Gasteiger partial charge in [0.05, 0.1) is 23.7 Å². The first kappa shape index (κ1) is 29.4. The summed E-state index contributed by atoms with van der Waals surface area (Å²) in [5.74, 6) is 0.239. The molecule has 0 spiro atoms. The van der Waals surface area contributed by atoms with Crippen LogP contribution in [0.2, 0.25) is 0 Å².